The van der Waals surface area contributed by atoms with Crippen molar-refractivity contribution in [3.63, 3.8) is 0 Å². The number of para-hydroxylation sites is 2. The molecule has 0 unspecified atom stereocenters. The van der Waals surface area contributed by atoms with Crippen LogP contribution in [0.3, 0.4) is 0 Å². The molecule has 0 aliphatic rings. The number of nitrogens with zero attached hydrogens (tertiary/aromatic N) is 3. The van der Waals surface area contributed by atoms with Gasteiger partial charge in [-0.3, -0.25) is 0 Å². The van der Waals surface area contributed by atoms with Gasteiger partial charge < -0.3 is 9.67 Å². The molecule has 0 aliphatic carbocycles. The Morgan fingerprint density at radius 1 is 0.733 bits per heavy atom. The van der Waals surface area contributed by atoms with Crippen LogP contribution in [0.25, 0.3) is 21.8 Å². The predicted molar refractivity (Wildman–Crippen MR) is 125 cm³/mol. The fourth-order valence-corrected chi connectivity index (χ4v) is 3.85. The molecule has 0 radical (unpaired) electrons. The van der Waals surface area contributed by atoms with Crippen molar-refractivity contribution < 1.29 is 5.11 Å². The molecule has 0 saturated heterocycles. The van der Waals surface area contributed by atoms with Gasteiger partial charge in [-0.1, -0.05) is 42.5 Å². The zero-order chi connectivity index (χ0) is 20.5. The largest absolute Gasteiger partial charge is 0.508 e. The highest BCUT2D eigenvalue weighted by molar-refractivity contribution is 6.09. The van der Waals surface area contributed by atoms with Crippen LogP contribution in [0.15, 0.2) is 102 Å². The van der Waals surface area contributed by atoms with Crippen molar-refractivity contribution in [1.29, 1.82) is 0 Å². The number of anilines is 2. The van der Waals surface area contributed by atoms with Crippen LogP contribution in [-0.4, -0.2) is 15.9 Å². The lowest BCUT2D eigenvalue weighted by Gasteiger charge is -2.19. The van der Waals surface area contributed by atoms with Gasteiger partial charge in [0.25, 0.3) is 0 Å². The molecule has 5 aromatic rings. The number of benzene rings is 4. The average Bonchev–Trinajstić information content (AvgIpc) is 3.06. The van der Waals surface area contributed by atoms with Gasteiger partial charge in [0.05, 0.1) is 17.6 Å². The Bertz CT molecular complexity index is 1320. The number of aromatic nitrogens is 1. The van der Waals surface area contributed by atoms with Crippen LogP contribution in [0, 0.1) is 0 Å². The van der Waals surface area contributed by atoms with E-state index in [1.165, 1.54) is 0 Å². The molecule has 4 heteroatoms. The predicted octanol–water partition coefficient (Wildman–Crippen LogP) is 6.21. The number of rotatable bonds is 4. The van der Waals surface area contributed by atoms with E-state index in [0.29, 0.717) is 0 Å². The summed E-state index contributed by atoms with van der Waals surface area (Å²) >= 11 is 0. The van der Waals surface area contributed by atoms with E-state index in [9.17, 15) is 5.11 Å². The van der Waals surface area contributed by atoms with Crippen LogP contribution >= 0.6 is 0 Å². The lowest BCUT2D eigenvalue weighted by Crippen LogP contribution is -2.09. The highest BCUT2D eigenvalue weighted by Crippen LogP contribution is 2.31. The van der Waals surface area contributed by atoms with Crippen LogP contribution in [0.4, 0.5) is 11.4 Å². The second-order valence-corrected chi connectivity index (χ2v) is 7.26. The zero-order valence-electron chi connectivity index (χ0n) is 16.6. The Morgan fingerprint density at radius 3 is 1.93 bits per heavy atom. The van der Waals surface area contributed by atoms with E-state index in [4.69, 9.17) is 5.10 Å². The van der Waals surface area contributed by atoms with Gasteiger partial charge >= 0.3 is 0 Å². The first-order valence-corrected chi connectivity index (χ1v) is 9.86. The van der Waals surface area contributed by atoms with E-state index in [2.05, 4.69) is 22.8 Å². The molecule has 1 N–H and O–H groups in total. The third-order valence-electron chi connectivity index (χ3n) is 5.34. The summed E-state index contributed by atoms with van der Waals surface area (Å²) in [5, 5.41) is 18.8. The van der Waals surface area contributed by atoms with Gasteiger partial charge in [0, 0.05) is 28.9 Å². The van der Waals surface area contributed by atoms with E-state index in [1.54, 1.807) is 6.07 Å². The maximum atomic E-state index is 9.95. The Labute approximate surface area is 174 Å². The summed E-state index contributed by atoms with van der Waals surface area (Å²) in [7, 11) is 2.04. The molecular formula is C26H21N3O. The number of aryl methyl sites for hydroxylation is 1. The monoisotopic (exact) mass is 391 g/mol. The fraction of sp³-hybridized carbons (Fsp3) is 0.0385. The minimum Gasteiger partial charge on any atom is -0.508 e. The number of phenolic OH excluding ortho intramolecular Hbond substituents is 1. The number of hydrazone groups is 1. The van der Waals surface area contributed by atoms with Gasteiger partial charge in [-0.05, 0) is 60.2 Å². The van der Waals surface area contributed by atoms with Crippen molar-refractivity contribution in [1.82, 2.24) is 4.57 Å². The van der Waals surface area contributed by atoms with Crippen molar-refractivity contribution in [2.45, 2.75) is 0 Å². The lowest BCUT2D eigenvalue weighted by atomic mass is 10.1. The quantitative estimate of drug-likeness (QED) is 0.292. The highest BCUT2D eigenvalue weighted by Gasteiger charge is 2.10. The molecule has 0 fully saturated rings. The van der Waals surface area contributed by atoms with Crippen LogP contribution in [0.1, 0.15) is 5.56 Å². The zero-order valence-corrected chi connectivity index (χ0v) is 16.6. The minimum absolute atomic E-state index is 0.272. The molecule has 1 heterocycles. The van der Waals surface area contributed by atoms with Crippen molar-refractivity contribution in [2.24, 2.45) is 12.1 Å². The molecule has 0 aliphatic heterocycles. The summed E-state index contributed by atoms with van der Waals surface area (Å²) in [6.07, 6.45) is 1.88. The van der Waals surface area contributed by atoms with Gasteiger partial charge in [0.1, 0.15) is 5.75 Å². The van der Waals surface area contributed by atoms with Crippen molar-refractivity contribution >= 4 is 39.4 Å². The molecule has 1 aromatic heterocycles. The summed E-state index contributed by atoms with van der Waals surface area (Å²) in [4.78, 5) is 0. The molecule has 0 bridgehead atoms. The van der Waals surface area contributed by atoms with Gasteiger partial charge in [-0.15, -0.1) is 0 Å². The number of hydrogen-bond acceptors (Lipinski definition) is 3. The van der Waals surface area contributed by atoms with Crippen molar-refractivity contribution in [2.75, 3.05) is 5.01 Å². The van der Waals surface area contributed by atoms with Crippen LogP contribution in [0.2, 0.25) is 0 Å². The average molecular weight is 391 g/mol. The summed E-state index contributed by atoms with van der Waals surface area (Å²) in [6, 6.07) is 32.0. The molecule has 4 nitrogen and oxygen atoms in total. The van der Waals surface area contributed by atoms with E-state index in [1.807, 2.05) is 91.1 Å². The Hall–Kier alpha value is -4.05. The molecular weight excluding hydrogens is 370 g/mol. The van der Waals surface area contributed by atoms with Gasteiger partial charge in [-0.25, -0.2) is 5.01 Å². The first-order valence-electron chi connectivity index (χ1n) is 9.86. The van der Waals surface area contributed by atoms with E-state index < -0.39 is 0 Å². The fourth-order valence-electron chi connectivity index (χ4n) is 3.85. The maximum absolute atomic E-state index is 9.95. The third kappa shape index (κ3) is 3.18. The van der Waals surface area contributed by atoms with Gasteiger partial charge in [0.15, 0.2) is 0 Å². The minimum atomic E-state index is 0.272. The smallest absolute Gasteiger partial charge is 0.116 e. The second-order valence-electron chi connectivity index (χ2n) is 7.26. The Morgan fingerprint density at radius 2 is 1.30 bits per heavy atom. The highest BCUT2D eigenvalue weighted by atomic mass is 16.3. The van der Waals surface area contributed by atoms with Gasteiger partial charge in [-0.2, -0.15) is 5.10 Å². The summed E-state index contributed by atoms with van der Waals surface area (Å²) in [5.41, 5.74) is 5.20. The standard InChI is InChI=1S/C26H21N3O/c1-28-25-14-12-19(16-23(25)24-17-22(30)13-15-26(24)28)18-27-29(20-8-4-2-5-9-20)21-10-6-3-7-11-21/h2-18,30H,1H3. The van der Waals surface area contributed by atoms with Crippen LogP contribution in [0.5, 0.6) is 5.75 Å². The topological polar surface area (TPSA) is 40.8 Å². The molecule has 146 valence electrons. The van der Waals surface area contributed by atoms with E-state index in [0.717, 1.165) is 38.7 Å². The SMILES string of the molecule is Cn1c2ccc(O)cc2c2cc(C=NN(c3ccccc3)c3ccccc3)ccc21. The van der Waals surface area contributed by atoms with Crippen LogP contribution < -0.4 is 5.01 Å². The number of aromatic hydroxyl groups is 1. The number of fused-ring (bicyclic) bond motifs is 3. The molecule has 0 spiro atoms. The van der Waals surface area contributed by atoms with Crippen molar-refractivity contribution in [3.05, 3.63) is 103 Å². The lowest BCUT2D eigenvalue weighted by molar-refractivity contribution is 0.476. The molecule has 5 rings (SSSR count). The Kier molecular flexibility index (Phi) is 4.45. The number of phenols is 1. The summed E-state index contributed by atoms with van der Waals surface area (Å²) < 4.78 is 2.14. The summed E-state index contributed by atoms with van der Waals surface area (Å²) in [5.74, 6) is 0.272. The van der Waals surface area contributed by atoms with Crippen molar-refractivity contribution in [3.8, 4) is 5.75 Å². The molecule has 30 heavy (non-hydrogen) atoms. The van der Waals surface area contributed by atoms with E-state index in [-0.39, 0.29) is 5.75 Å². The molecule has 0 saturated carbocycles. The normalized spacial score (nSPS) is 11.5. The first kappa shape index (κ1) is 18.0. The second kappa shape index (κ2) is 7.41. The van der Waals surface area contributed by atoms with Gasteiger partial charge in [0.2, 0.25) is 0 Å². The Balaban J connectivity index is 1.59. The first-order chi connectivity index (χ1) is 14.7. The van der Waals surface area contributed by atoms with E-state index >= 15 is 0 Å². The maximum Gasteiger partial charge on any atom is 0.116 e. The third-order valence-corrected chi connectivity index (χ3v) is 5.34. The van der Waals surface area contributed by atoms with Crippen LogP contribution in [-0.2, 0) is 7.05 Å². The summed E-state index contributed by atoms with van der Waals surface area (Å²) in [6.45, 7) is 0. The molecule has 0 amide bonds. The number of hydrogen-bond donors (Lipinski definition) is 1. The molecule has 4 aromatic carbocycles. The molecule has 0 atom stereocenters.